The second kappa shape index (κ2) is 11.1. The molecule has 1 saturated heterocycles. The molecule has 0 spiro atoms. The first kappa shape index (κ1) is 21.5. The van der Waals surface area contributed by atoms with E-state index < -0.39 is 0 Å². The first-order valence-corrected chi connectivity index (χ1v) is 9.24. The van der Waals surface area contributed by atoms with Gasteiger partial charge in [-0.3, -0.25) is 4.90 Å². The van der Waals surface area contributed by atoms with Crippen molar-refractivity contribution < 1.29 is 4.74 Å². The number of halogens is 1. The van der Waals surface area contributed by atoms with Gasteiger partial charge in [-0.15, -0.1) is 24.0 Å². The number of likely N-dealkylation sites (tertiary alicyclic amines) is 1. The Balaban J connectivity index is 0.00000261. The topological polar surface area (TPSA) is 62.9 Å². The highest BCUT2D eigenvalue weighted by molar-refractivity contribution is 14.0. The first-order valence-electron chi connectivity index (χ1n) is 9.24. The number of hydrogen-bond donors (Lipinski definition) is 2. The van der Waals surface area contributed by atoms with Gasteiger partial charge in [0.2, 0.25) is 0 Å². The van der Waals surface area contributed by atoms with Gasteiger partial charge in [-0.2, -0.15) is 0 Å². The minimum atomic E-state index is 0. The summed E-state index contributed by atoms with van der Waals surface area (Å²) in [6.45, 7) is 4.05. The molecule has 1 aliphatic rings. The number of methoxy groups -OCH3 is 1. The molecule has 6 heteroatoms. The van der Waals surface area contributed by atoms with Crippen molar-refractivity contribution >= 4 is 35.6 Å². The molecular weight excluding hydrogens is 451 g/mol. The van der Waals surface area contributed by atoms with Crippen molar-refractivity contribution in [2.45, 2.75) is 32.4 Å². The van der Waals surface area contributed by atoms with Gasteiger partial charge in [0.25, 0.3) is 0 Å². The molecule has 3 rings (SSSR count). The summed E-state index contributed by atoms with van der Waals surface area (Å²) in [5.41, 5.74) is 9.37. The van der Waals surface area contributed by atoms with Crippen molar-refractivity contribution in [1.29, 1.82) is 0 Å². The fraction of sp³-hybridized carbons (Fsp3) is 0.381. The minimum Gasteiger partial charge on any atom is -0.497 e. The summed E-state index contributed by atoms with van der Waals surface area (Å²) < 4.78 is 5.21. The Bertz CT molecular complexity index is 727. The second-order valence-corrected chi connectivity index (χ2v) is 6.71. The monoisotopic (exact) mass is 480 g/mol. The summed E-state index contributed by atoms with van der Waals surface area (Å²) in [5.74, 6) is 1.18. The molecule has 0 bridgehead atoms. The van der Waals surface area contributed by atoms with Gasteiger partial charge in [0.15, 0.2) is 5.96 Å². The van der Waals surface area contributed by atoms with Gasteiger partial charge in [0.1, 0.15) is 5.75 Å². The lowest BCUT2D eigenvalue weighted by atomic mass is 10.1. The highest BCUT2D eigenvalue weighted by Gasteiger charge is 2.10. The Hall–Kier alpha value is -1.80. The van der Waals surface area contributed by atoms with Crippen molar-refractivity contribution in [2.75, 3.05) is 25.5 Å². The fourth-order valence-corrected chi connectivity index (χ4v) is 3.19. The molecule has 0 unspecified atom stereocenters. The number of ether oxygens (including phenoxy) is 1. The van der Waals surface area contributed by atoms with Crippen LogP contribution in [0.3, 0.4) is 0 Å². The van der Waals surface area contributed by atoms with Gasteiger partial charge in [0.05, 0.1) is 13.7 Å². The van der Waals surface area contributed by atoms with Gasteiger partial charge >= 0.3 is 0 Å². The summed E-state index contributed by atoms with van der Waals surface area (Å²) >= 11 is 0. The third kappa shape index (κ3) is 7.03. The quantitative estimate of drug-likeness (QED) is 0.369. The number of anilines is 1. The average molecular weight is 480 g/mol. The van der Waals surface area contributed by atoms with E-state index in [-0.39, 0.29) is 24.0 Å². The summed E-state index contributed by atoms with van der Waals surface area (Å²) in [6, 6.07) is 16.3. The molecule has 27 heavy (non-hydrogen) atoms. The average Bonchev–Trinajstić information content (AvgIpc) is 2.68. The fourth-order valence-electron chi connectivity index (χ4n) is 3.19. The highest BCUT2D eigenvalue weighted by Crippen LogP contribution is 2.17. The maximum Gasteiger partial charge on any atom is 0.193 e. The summed E-state index contributed by atoms with van der Waals surface area (Å²) in [7, 11) is 1.64. The number of aliphatic imine (C=N–C) groups is 1. The van der Waals surface area contributed by atoms with E-state index >= 15 is 0 Å². The van der Waals surface area contributed by atoms with Crippen molar-refractivity contribution in [3.05, 3.63) is 59.7 Å². The Morgan fingerprint density at radius 2 is 1.78 bits per heavy atom. The normalized spacial score (nSPS) is 15.1. The van der Waals surface area contributed by atoms with Gasteiger partial charge in [0, 0.05) is 18.3 Å². The van der Waals surface area contributed by atoms with Crippen LogP contribution in [0.2, 0.25) is 0 Å². The molecule has 0 amide bonds. The van der Waals surface area contributed by atoms with E-state index in [1.54, 1.807) is 7.11 Å². The van der Waals surface area contributed by atoms with Crippen molar-refractivity contribution in [3.8, 4) is 5.75 Å². The molecule has 1 heterocycles. The Morgan fingerprint density at radius 3 is 2.48 bits per heavy atom. The van der Waals surface area contributed by atoms with E-state index in [0.29, 0.717) is 12.5 Å². The lowest BCUT2D eigenvalue weighted by Crippen LogP contribution is -2.29. The van der Waals surface area contributed by atoms with Crippen LogP contribution in [-0.4, -0.2) is 31.1 Å². The van der Waals surface area contributed by atoms with E-state index in [1.165, 1.54) is 37.9 Å². The Labute approximate surface area is 179 Å². The number of piperidine rings is 1. The maximum absolute atomic E-state index is 5.99. The summed E-state index contributed by atoms with van der Waals surface area (Å²) in [6.07, 6.45) is 4.03. The molecule has 0 radical (unpaired) electrons. The Kier molecular flexibility index (Phi) is 8.87. The number of nitrogens with one attached hydrogen (secondary N) is 1. The zero-order valence-corrected chi connectivity index (χ0v) is 18.2. The molecule has 3 N–H and O–H groups in total. The van der Waals surface area contributed by atoms with Crippen LogP contribution in [0.1, 0.15) is 30.4 Å². The van der Waals surface area contributed by atoms with Gasteiger partial charge < -0.3 is 15.8 Å². The molecule has 2 aromatic carbocycles. The molecule has 2 aromatic rings. The van der Waals surface area contributed by atoms with Gasteiger partial charge in [-0.05, 0) is 49.2 Å². The largest absolute Gasteiger partial charge is 0.497 e. The number of guanidine groups is 1. The molecule has 1 fully saturated rings. The number of rotatable bonds is 6. The lowest BCUT2D eigenvalue weighted by molar-refractivity contribution is 0.221. The van der Waals surface area contributed by atoms with Crippen LogP contribution < -0.4 is 15.8 Å². The van der Waals surface area contributed by atoms with Crippen molar-refractivity contribution in [1.82, 2.24) is 4.90 Å². The Morgan fingerprint density at radius 1 is 1.07 bits per heavy atom. The van der Waals surface area contributed by atoms with E-state index in [0.717, 1.165) is 23.5 Å². The minimum absolute atomic E-state index is 0. The van der Waals surface area contributed by atoms with Crippen LogP contribution in [0, 0.1) is 0 Å². The van der Waals surface area contributed by atoms with E-state index in [4.69, 9.17) is 10.5 Å². The standard InChI is InChI=1S/C21H28N4O.HI/c1-26-20-7-5-6-19(14-20)24-21(22)23-15-17-8-10-18(11-9-17)16-25-12-3-2-4-13-25;/h5-11,14H,2-4,12-13,15-16H2,1H3,(H3,22,23,24);1H. The molecule has 0 saturated carbocycles. The van der Waals surface area contributed by atoms with Crippen molar-refractivity contribution in [2.24, 2.45) is 10.7 Å². The predicted octanol–water partition coefficient (Wildman–Crippen LogP) is 4.23. The zero-order valence-electron chi connectivity index (χ0n) is 15.9. The van der Waals surface area contributed by atoms with Crippen molar-refractivity contribution in [3.63, 3.8) is 0 Å². The first-order chi connectivity index (χ1) is 12.7. The van der Waals surface area contributed by atoms with Crippen LogP contribution in [0.15, 0.2) is 53.5 Å². The molecule has 0 aromatic heterocycles. The summed E-state index contributed by atoms with van der Waals surface area (Å²) in [4.78, 5) is 6.96. The van der Waals surface area contributed by atoms with E-state index in [9.17, 15) is 0 Å². The highest BCUT2D eigenvalue weighted by atomic mass is 127. The molecular formula is C21H29IN4O. The number of benzene rings is 2. The van der Waals surface area contributed by atoms with Crippen LogP contribution in [-0.2, 0) is 13.1 Å². The van der Waals surface area contributed by atoms with Gasteiger partial charge in [-0.25, -0.2) is 4.99 Å². The third-order valence-electron chi connectivity index (χ3n) is 4.65. The lowest BCUT2D eigenvalue weighted by Gasteiger charge is -2.26. The SMILES string of the molecule is COc1cccc(NC(N)=NCc2ccc(CN3CCCCC3)cc2)c1.I. The predicted molar refractivity (Wildman–Crippen MR) is 123 cm³/mol. The number of nitrogens with zero attached hydrogens (tertiary/aromatic N) is 2. The van der Waals surface area contributed by atoms with Crippen LogP contribution in [0.4, 0.5) is 5.69 Å². The number of nitrogens with two attached hydrogens (primary N) is 1. The molecule has 0 aliphatic carbocycles. The summed E-state index contributed by atoms with van der Waals surface area (Å²) in [5, 5.41) is 3.09. The molecule has 0 atom stereocenters. The zero-order chi connectivity index (χ0) is 18.2. The second-order valence-electron chi connectivity index (χ2n) is 6.71. The van der Waals surface area contributed by atoms with E-state index in [2.05, 4.69) is 39.5 Å². The van der Waals surface area contributed by atoms with Gasteiger partial charge in [-0.1, -0.05) is 36.8 Å². The number of hydrogen-bond acceptors (Lipinski definition) is 3. The molecule has 5 nitrogen and oxygen atoms in total. The molecule has 1 aliphatic heterocycles. The maximum atomic E-state index is 5.99. The smallest absolute Gasteiger partial charge is 0.193 e. The van der Waals surface area contributed by atoms with E-state index in [1.807, 2.05) is 24.3 Å². The third-order valence-corrected chi connectivity index (χ3v) is 4.65. The van der Waals surface area contributed by atoms with Crippen LogP contribution in [0.25, 0.3) is 0 Å². The van der Waals surface area contributed by atoms with Crippen LogP contribution in [0.5, 0.6) is 5.75 Å². The molecule has 146 valence electrons. The van der Waals surface area contributed by atoms with Crippen LogP contribution >= 0.6 is 24.0 Å².